The van der Waals surface area contributed by atoms with Crippen molar-refractivity contribution in [3.05, 3.63) is 391 Å². The Bertz CT molecular complexity index is 8250. The third-order valence-electron chi connectivity index (χ3n) is 27.9. The Kier molecular flexibility index (Phi) is 13.5. The van der Waals surface area contributed by atoms with Gasteiger partial charge in [0.15, 0.2) is 5.82 Å². The average Bonchev–Trinajstić information content (AvgIpc) is 1.55. The van der Waals surface area contributed by atoms with Gasteiger partial charge in [0.25, 0.3) is 0 Å². The van der Waals surface area contributed by atoms with Crippen LogP contribution in [0.15, 0.2) is 358 Å². The lowest BCUT2D eigenvalue weighted by Crippen LogP contribution is -2.15. The predicted octanol–water partition coefficient (Wildman–Crippen LogP) is 29.0. The van der Waals surface area contributed by atoms with Gasteiger partial charge in [-0.05, 0) is 246 Å². The van der Waals surface area contributed by atoms with Crippen LogP contribution in [0.5, 0.6) is 0 Å². The molecule has 0 aliphatic heterocycles. The van der Waals surface area contributed by atoms with Crippen LogP contribution in [-0.4, -0.2) is 32.8 Å². The molecule has 3 aliphatic rings. The van der Waals surface area contributed by atoms with Crippen LogP contribution in [-0.2, 0) is 16.2 Å². The predicted molar refractivity (Wildman–Crippen MR) is 500 cm³/mol. The minimum Gasteiger partial charge on any atom is -0.309 e. The number of nitrogens with zero attached hydrogens (tertiary/aromatic N) is 7. The molecule has 6 heterocycles. The number of benzene rings is 17. The molecule has 17 aromatic carbocycles. The smallest absolute Gasteiger partial charge is 0.237 e. The molecule has 7 nitrogen and oxygen atoms in total. The molecule has 26 rings (SSSR count). The van der Waals surface area contributed by atoms with Gasteiger partial charge in [0.2, 0.25) is 5.95 Å². The minimum atomic E-state index is -0.135. The maximum Gasteiger partial charge on any atom is 0.237 e. The second kappa shape index (κ2) is 24.1. The lowest BCUT2D eigenvalue weighted by Gasteiger charge is -2.22. The molecule has 23 aromatic rings. The molecule has 120 heavy (non-hydrogen) atoms. The van der Waals surface area contributed by atoms with Gasteiger partial charge < -0.3 is 13.7 Å². The first-order valence-electron chi connectivity index (χ1n) is 42.0. The average molecular weight is 1530 g/mol. The summed E-state index contributed by atoms with van der Waals surface area (Å²) in [5.74, 6) is 1.40. The lowest BCUT2D eigenvalue weighted by atomic mass is 9.82. The number of fused-ring (bicyclic) bond motifs is 25. The van der Waals surface area contributed by atoms with Gasteiger partial charge in [0, 0.05) is 92.6 Å². The number of para-hydroxylation sites is 5. The van der Waals surface area contributed by atoms with E-state index < -0.39 is 0 Å². The summed E-state index contributed by atoms with van der Waals surface area (Å²) in [4.78, 5) is 11.6. The van der Waals surface area contributed by atoms with Gasteiger partial charge in [-0.25, -0.2) is 4.98 Å². The van der Waals surface area contributed by atoms with Crippen LogP contribution in [0.2, 0.25) is 0 Å². The Morgan fingerprint density at radius 2 is 0.433 bits per heavy atom. The van der Waals surface area contributed by atoms with Crippen molar-refractivity contribution >= 4 is 120 Å². The molecule has 0 unspecified atom stereocenters. The molecule has 0 N–H and O–H groups in total. The Balaban J connectivity index is 0.633. The van der Waals surface area contributed by atoms with Gasteiger partial charge in [-0.15, -0.1) is 0 Å². The summed E-state index contributed by atoms with van der Waals surface area (Å²) in [6, 6.07) is 134. The third kappa shape index (κ3) is 9.18. The molecule has 0 spiro atoms. The molecule has 0 saturated heterocycles. The zero-order chi connectivity index (χ0) is 79.5. The van der Waals surface area contributed by atoms with Crippen molar-refractivity contribution in [3.8, 4) is 95.6 Å². The van der Waals surface area contributed by atoms with Gasteiger partial charge >= 0.3 is 0 Å². The van der Waals surface area contributed by atoms with Crippen LogP contribution in [0.4, 0.5) is 0 Å². The molecule has 0 radical (unpaired) electrons. The second-order valence-electron chi connectivity index (χ2n) is 35.2. The van der Waals surface area contributed by atoms with Gasteiger partial charge in [-0.2, -0.15) is 4.98 Å². The van der Waals surface area contributed by atoms with E-state index in [1.54, 1.807) is 0 Å². The zero-order valence-corrected chi connectivity index (χ0v) is 67.2. The first-order chi connectivity index (χ1) is 58.8. The largest absolute Gasteiger partial charge is 0.309 e. The molecule has 0 fully saturated rings. The summed E-state index contributed by atoms with van der Waals surface area (Å²) in [6.45, 7) is 14.2. The van der Waals surface area contributed by atoms with Crippen molar-refractivity contribution in [2.75, 3.05) is 0 Å². The van der Waals surface area contributed by atoms with Crippen LogP contribution in [0.1, 0.15) is 74.9 Å². The quantitative estimate of drug-likeness (QED) is 0.152. The molecular weight excluding hydrogens is 1460 g/mol. The van der Waals surface area contributed by atoms with E-state index in [1.807, 2.05) is 0 Å². The van der Waals surface area contributed by atoms with E-state index in [4.69, 9.17) is 9.97 Å². The molecule has 564 valence electrons. The van der Waals surface area contributed by atoms with Crippen LogP contribution in [0.3, 0.4) is 0 Å². The van der Waals surface area contributed by atoms with Crippen LogP contribution >= 0.6 is 0 Å². The van der Waals surface area contributed by atoms with E-state index in [0.717, 1.165) is 105 Å². The highest BCUT2D eigenvalue weighted by Crippen LogP contribution is 2.54. The van der Waals surface area contributed by atoms with Crippen molar-refractivity contribution in [2.45, 2.75) is 57.8 Å². The fourth-order valence-corrected chi connectivity index (χ4v) is 22.1. The van der Waals surface area contributed by atoms with E-state index in [9.17, 15) is 0 Å². The fraction of sp³-hybridized carbons (Fsp3) is 0.0796. The number of hydrogen-bond donors (Lipinski definition) is 0. The molecule has 7 heteroatoms. The summed E-state index contributed by atoms with van der Waals surface area (Å²) in [5.41, 5.74) is 38.2. The summed E-state index contributed by atoms with van der Waals surface area (Å²) in [6.07, 6.45) is 0. The number of rotatable bonds is 8. The molecular formula is C113H77N7. The van der Waals surface area contributed by atoms with Gasteiger partial charge in [-0.3, -0.25) is 9.13 Å². The highest BCUT2D eigenvalue weighted by atomic mass is 15.2. The van der Waals surface area contributed by atoms with Crippen molar-refractivity contribution in [2.24, 2.45) is 0 Å². The molecule has 0 saturated carbocycles. The van der Waals surface area contributed by atoms with Gasteiger partial charge in [0.1, 0.15) is 0 Å². The standard InChI is InChI=1S/C113H77N7/c1-111(2)92-31-15-7-23-75(92)78-48-45-72(63-95(78)111)116-99-35-19-11-26-81(99)86-57-66(39-51-103(86)116)69-42-54-106-89(60-69)84-29-14-22-38-102(84)119(106)109-85-30-10-18-34-98(85)114-110(115-109)120-107-55-43-70(67-40-52-104-87(58-67)82-27-12-20-36-100(82)117(104)73-46-49-79-76-24-8-16-32-93(76)112(3,4)96(79)64-73)61-90(107)91-62-71(44-56-108(91)120)68-41-53-105-88(59-68)83-28-13-21-37-101(83)118(105)74-47-50-80-77-25-9-17-33-94(77)113(5,6)97(80)65-74/h7-65H,1-6H3. The van der Waals surface area contributed by atoms with Gasteiger partial charge in [0.05, 0.1) is 60.7 Å². The number of hydrogen-bond acceptors (Lipinski definition) is 2. The second-order valence-corrected chi connectivity index (χ2v) is 35.2. The zero-order valence-electron chi connectivity index (χ0n) is 67.2. The third-order valence-corrected chi connectivity index (χ3v) is 27.9. The molecule has 3 aliphatic carbocycles. The monoisotopic (exact) mass is 1530 g/mol. The van der Waals surface area contributed by atoms with Crippen molar-refractivity contribution in [3.63, 3.8) is 0 Å². The maximum atomic E-state index is 5.92. The van der Waals surface area contributed by atoms with Gasteiger partial charge in [-0.1, -0.05) is 254 Å². The summed E-state index contributed by atoms with van der Waals surface area (Å²) in [7, 11) is 0. The van der Waals surface area contributed by atoms with Crippen molar-refractivity contribution in [1.29, 1.82) is 0 Å². The molecule has 6 aromatic heterocycles. The van der Waals surface area contributed by atoms with Crippen molar-refractivity contribution in [1.82, 2.24) is 32.8 Å². The molecule has 0 amide bonds. The topological polar surface area (TPSA) is 50.4 Å². The molecule has 0 bridgehead atoms. The van der Waals surface area contributed by atoms with Crippen LogP contribution in [0, 0.1) is 0 Å². The van der Waals surface area contributed by atoms with E-state index in [2.05, 4.69) is 422 Å². The minimum absolute atomic E-state index is 0.119. The summed E-state index contributed by atoms with van der Waals surface area (Å²) < 4.78 is 12.1. The summed E-state index contributed by atoms with van der Waals surface area (Å²) >= 11 is 0. The fourth-order valence-electron chi connectivity index (χ4n) is 22.1. The maximum absolute atomic E-state index is 5.92. The Morgan fingerprint density at radius 1 is 0.183 bits per heavy atom. The lowest BCUT2D eigenvalue weighted by molar-refractivity contribution is 0.660. The number of aromatic nitrogens is 7. The first-order valence-corrected chi connectivity index (χ1v) is 42.0. The Hall–Kier alpha value is -14.9. The van der Waals surface area contributed by atoms with E-state index in [1.165, 1.54) is 138 Å². The van der Waals surface area contributed by atoms with E-state index in [0.29, 0.717) is 5.95 Å². The van der Waals surface area contributed by atoms with Crippen molar-refractivity contribution < 1.29 is 0 Å². The molecule has 0 atom stereocenters. The summed E-state index contributed by atoms with van der Waals surface area (Å²) in [5, 5.41) is 12.8. The van der Waals surface area contributed by atoms with Crippen LogP contribution < -0.4 is 0 Å². The van der Waals surface area contributed by atoms with Crippen LogP contribution in [0.25, 0.3) is 216 Å². The first kappa shape index (κ1) is 67.3. The highest BCUT2D eigenvalue weighted by molar-refractivity contribution is 6.17. The van der Waals surface area contributed by atoms with E-state index in [-0.39, 0.29) is 16.2 Å². The highest BCUT2D eigenvalue weighted by Gasteiger charge is 2.39. The normalized spacial score (nSPS) is 14.1. The Morgan fingerprint density at radius 3 is 0.775 bits per heavy atom. The Labute approximate surface area is 692 Å². The SMILES string of the molecule is CC1(C)c2ccccc2-c2ccc(-n3c4ccccc4c4cc(-c5ccc6c(c5)c5cc(-c7ccc8c(c7)c7ccccc7n8-c7ccc8c(c7)C(C)(C)c7ccccc7-8)ccc5n6-c5nc(-n6c7ccccc7c7cc(-c8ccc9c(c8)c8ccccc8n9-c8ccc9c(c8)C(C)(C)c8ccccc8-9)ccc76)c6ccccc6n5)ccc43)cc21. The van der Waals surface area contributed by atoms with E-state index >= 15 is 0 Å².